The minimum Gasteiger partial charge on any atom is -0.491 e. The van der Waals surface area contributed by atoms with E-state index in [2.05, 4.69) is 31.7 Å². The Hall–Kier alpha value is -1.78. The lowest BCUT2D eigenvalue weighted by Crippen LogP contribution is -2.35. The van der Waals surface area contributed by atoms with Gasteiger partial charge in [-0.25, -0.2) is 0 Å². The van der Waals surface area contributed by atoms with Crippen molar-refractivity contribution in [2.75, 3.05) is 13.2 Å². The Morgan fingerprint density at radius 2 is 1.96 bits per heavy atom. The van der Waals surface area contributed by atoms with Crippen LogP contribution in [0.4, 0.5) is 0 Å². The van der Waals surface area contributed by atoms with Crippen LogP contribution in [-0.4, -0.2) is 29.3 Å². The van der Waals surface area contributed by atoms with Crippen molar-refractivity contribution in [1.29, 1.82) is 0 Å². The van der Waals surface area contributed by atoms with Gasteiger partial charge in [-0.3, -0.25) is 4.90 Å². The van der Waals surface area contributed by atoms with Crippen LogP contribution in [0.3, 0.4) is 0 Å². The molecule has 0 aliphatic heterocycles. The lowest BCUT2D eigenvalue weighted by atomic mass is 10.0. The molecule has 0 amide bonds. The third-order valence-electron chi connectivity index (χ3n) is 4.12. The van der Waals surface area contributed by atoms with Crippen LogP contribution in [0.25, 0.3) is 0 Å². The Labute approximate surface area is 138 Å². The normalized spacial score (nSPS) is 12.8. The van der Waals surface area contributed by atoms with Gasteiger partial charge in [0.15, 0.2) is 0 Å². The second-order valence-electron chi connectivity index (χ2n) is 6.19. The van der Waals surface area contributed by atoms with E-state index in [0.717, 1.165) is 24.6 Å². The summed E-state index contributed by atoms with van der Waals surface area (Å²) in [4.78, 5) is 2.41. The zero-order chi connectivity index (χ0) is 16.7. The van der Waals surface area contributed by atoms with Gasteiger partial charge >= 0.3 is 0 Å². The molecule has 4 heteroatoms. The van der Waals surface area contributed by atoms with E-state index >= 15 is 0 Å². The highest BCUT2D eigenvalue weighted by atomic mass is 16.5. The number of aliphatic hydroxyl groups is 1. The summed E-state index contributed by atoms with van der Waals surface area (Å²) in [6.45, 7) is 8.69. The van der Waals surface area contributed by atoms with E-state index in [1.807, 2.05) is 30.3 Å². The first-order valence-corrected chi connectivity index (χ1v) is 8.19. The first kappa shape index (κ1) is 17.6. The van der Waals surface area contributed by atoms with Gasteiger partial charge in [-0.15, -0.1) is 0 Å². The van der Waals surface area contributed by atoms with Crippen LogP contribution in [-0.2, 0) is 13.1 Å². The molecule has 1 atom stereocenters. The zero-order valence-electron chi connectivity index (χ0n) is 14.2. The van der Waals surface area contributed by atoms with E-state index in [0.29, 0.717) is 18.6 Å². The van der Waals surface area contributed by atoms with Crippen LogP contribution >= 0.6 is 0 Å². The minimum absolute atomic E-state index is 0.0270. The lowest BCUT2D eigenvalue weighted by molar-refractivity contribution is 0.140. The molecule has 4 nitrogen and oxygen atoms in total. The molecular weight excluding hydrogens is 290 g/mol. The van der Waals surface area contributed by atoms with Crippen molar-refractivity contribution >= 4 is 0 Å². The predicted octanol–water partition coefficient (Wildman–Crippen LogP) is 3.70. The van der Waals surface area contributed by atoms with Gasteiger partial charge in [0.25, 0.3) is 0 Å². The van der Waals surface area contributed by atoms with Crippen molar-refractivity contribution in [3.8, 4) is 5.75 Å². The highest BCUT2D eigenvalue weighted by molar-refractivity contribution is 5.28. The van der Waals surface area contributed by atoms with Gasteiger partial charge < -0.3 is 14.3 Å². The van der Waals surface area contributed by atoms with Crippen molar-refractivity contribution < 1.29 is 14.3 Å². The summed E-state index contributed by atoms with van der Waals surface area (Å²) in [5.41, 5.74) is 1.19. The monoisotopic (exact) mass is 317 g/mol. The Morgan fingerprint density at radius 3 is 2.61 bits per heavy atom. The molecule has 0 radical (unpaired) electrons. The van der Waals surface area contributed by atoms with Crippen molar-refractivity contribution in [3.05, 3.63) is 54.0 Å². The smallest absolute Gasteiger partial charge is 0.119 e. The van der Waals surface area contributed by atoms with E-state index in [1.54, 1.807) is 6.26 Å². The van der Waals surface area contributed by atoms with Gasteiger partial charge in [0, 0.05) is 12.6 Å². The third-order valence-corrected chi connectivity index (χ3v) is 4.12. The van der Waals surface area contributed by atoms with Crippen molar-refractivity contribution in [1.82, 2.24) is 4.90 Å². The van der Waals surface area contributed by atoms with Crippen LogP contribution < -0.4 is 4.74 Å². The third kappa shape index (κ3) is 5.41. The number of hydrogen-bond acceptors (Lipinski definition) is 4. The molecule has 1 unspecified atom stereocenters. The second kappa shape index (κ2) is 8.75. The molecule has 2 aromatic rings. The maximum Gasteiger partial charge on any atom is 0.119 e. The lowest BCUT2D eigenvalue weighted by Gasteiger charge is -2.31. The van der Waals surface area contributed by atoms with Gasteiger partial charge in [-0.1, -0.05) is 26.0 Å². The molecule has 23 heavy (non-hydrogen) atoms. The van der Waals surface area contributed by atoms with Gasteiger partial charge in [0.2, 0.25) is 0 Å². The quantitative estimate of drug-likeness (QED) is 0.766. The van der Waals surface area contributed by atoms with Crippen LogP contribution in [0, 0.1) is 5.92 Å². The largest absolute Gasteiger partial charge is 0.491 e. The van der Waals surface area contributed by atoms with Gasteiger partial charge in [0.05, 0.1) is 19.4 Å². The van der Waals surface area contributed by atoms with Crippen LogP contribution in [0.2, 0.25) is 0 Å². The van der Waals surface area contributed by atoms with Crippen molar-refractivity contribution in [3.63, 3.8) is 0 Å². The molecule has 0 bridgehead atoms. The van der Waals surface area contributed by atoms with Crippen molar-refractivity contribution in [2.24, 2.45) is 5.92 Å². The standard InChI is InChI=1S/C19H27NO3/c1-15(2)16(3)20(14-19-8-5-10-22-19)13-17-6-4-7-18(12-17)23-11-9-21/h4-8,10,12,15-16,21H,9,11,13-14H2,1-3H3. The van der Waals surface area contributed by atoms with Crippen molar-refractivity contribution in [2.45, 2.75) is 39.9 Å². The zero-order valence-corrected chi connectivity index (χ0v) is 14.2. The van der Waals surface area contributed by atoms with Crippen LogP contribution in [0.1, 0.15) is 32.1 Å². The fourth-order valence-electron chi connectivity index (χ4n) is 2.50. The Kier molecular flexibility index (Phi) is 6.68. The molecule has 1 N–H and O–H groups in total. The first-order valence-electron chi connectivity index (χ1n) is 8.19. The van der Waals surface area contributed by atoms with Gasteiger partial charge in [-0.2, -0.15) is 0 Å². The fourth-order valence-corrected chi connectivity index (χ4v) is 2.50. The molecule has 0 fully saturated rings. The minimum atomic E-state index is 0.0270. The Balaban J connectivity index is 2.10. The van der Waals surface area contributed by atoms with E-state index < -0.39 is 0 Å². The number of benzene rings is 1. The van der Waals surface area contributed by atoms with Gasteiger partial charge in [0.1, 0.15) is 18.1 Å². The second-order valence-corrected chi connectivity index (χ2v) is 6.19. The molecule has 0 aliphatic carbocycles. The van der Waals surface area contributed by atoms with E-state index in [1.165, 1.54) is 5.56 Å². The highest BCUT2D eigenvalue weighted by Crippen LogP contribution is 2.20. The van der Waals surface area contributed by atoms with E-state index in [9.17, 15) is 0 Å². The average Bonchev–Trinajstić information content (AvgIpc) is 3.05. The molecular formula is C19H27NO3. The number of furan rings is 1. The summed E-state index contributed by atoms with van der Waals surface area (Å²) in [6.07, 6.45) is 1.72. The number of ether oxygens (including phenoxy) is 1. The van der Waals surface area contributed by atoms with E-state index in [4.69, 9.17) is 14.3 Å². The molecule has 1 aromatic heterocycles. The fraction of sp³-hybridized carbons (Fsp3) is 0.474. The molecule has 0 aliphatic rings. The first-order chi connectivity index (χ1) is 11.1. The average molecular weight is 317 g/mol. The Morgan fingerprint density at radius 1 is 1.13 bits per heavy atom. The van der Waals surface area contributed by atoms with Gasteiger partial charge in [-0.05, 0) is 42.7 Å². The molecule has 0 saturated carbocycles. The van der Waals surface area contributed by atoms with Crippen LogP contribution in [0.5, 0.6) is 5.75 Å². The number of hydrogen-bond donors (Lipinski definition) is 1. The summed E-state index contributed by atoms with van der Waals surface area (Å²) >= 11 is 0. The summed E-state index contributed by atoms with van der Waals surface area (Å²) in [6, 6.07) is 12.4. The maximum atomic E-state index is 8.88. The maximum absolute atomic E-state index is 8.88. The molecule has 0 saturated heterocycles. The van der Waals surface area contributed by atoms with E-state index in [-0.39, 0.29) is 6.61 Å². The Bertz CT molecular complexity index is 566. The molecule has 0 spiro atoms. The summed E-state index contributed by atoms with van der Waals surface area (Å²) in [5, 5.41) is 8.88. The predicted molar refractivity (Wildman–Crippen MR) is 91.3 cm³/mol. The van der Waals surface area contributed by atoms with Crippen LogP contribution in [0.15, 0.2) is 47.1 Å². The summed E-state index contributed by atoms with van der Waals surface area (Å²) in [7, 11) is 0. The topological polar surface area (TPSA) is 45.8 Å². The number of aliphatic hydroxyl groups excluding tert-OH is 1. The number of rotatable bonds is 9. The molecule has 1 heterocycles. The molecule has 2 rings (SSSR count). The summed E-state index contributed by atoms with van der Waals surface area (Å²) < 4.78 is 11.0. The SMILES string of the molecule is CC(C)C(C)N(Cc1cccc(OCCO)c1)Cc1ccco1. The molecule has 1 aromatic carbocycles. The summed E-state index contributed by atoms with van der Waals surface area (Å²) in [5.74, 6) is 2.33. The highest BCUT2D eigenvalue weighted by Gasteiger charge is 2.19. The number of nitrogens with zero attached hydrogens (tertiary/aromatic N) is 1. The molecule has 126 valence electrons.